The lowest BCUT2D eigenvalue weighted by molar-refractivity contribution is -0.115. The molecule has 1 aromatic heterocycles. The smallest absolute Gasteiger partial charge is 0.230 e. The second-order valence-electron chi connectivity index (χ2n) is 6.43. The second-order valence-corrected chi connectivity index (χ2v) is 7.32. The topological polar surface area (TPSA) is 77.2 Å². The van der Waals surface area contributed by atoms with Gasteiger partial charge in [0.05, 0.1) is 18.2 Å². The van der Waals surface area contributed by atoms with Crippen molar-refractivity contribution in [1.29, 1.82) is 0 Å². The van der Waals surface area contributed by atoms with Gasteiger partial charge in [-0.3, -0.25) is 4.79 Å². The van der Waals surface area contributed by atoms with E-state index in [-0.39, 0.29) is 24.0 Å². The lowest BCUT2D eigenvalue weighted by Gasteiger charge is -2.21. The van der Waals surface area contributed by atoms with Crippen LogP contribution in [0.2, 0.25) is 0 Å². The second kappa shape index (κ2) is 7.10. The van der Waals surface area contributed by atoms with Crippen LogP contribution in [0.15, 0.2) is 29.6 Å². The van der Waals surface area contributed by atoms with Crippen LogP contribution >= 0.6 is 11.3 Å². The van der Waals surface area contributed by atoms with Gasteiger partial charge in [-0.25, -0.2) is 4.98 Å². The van der Waals surface area contributed by atoms with Gasteiger partial charge in [-0.1, -0.05) is 0 Å². The van der Waals surface area contributed by atoms with Crippen molar-refractivity contribution in [3.05, 3.63) is 40.3 Å². The SMILES string of the molecule is CC(N)c1nc(CC(=O)Nc2ccc(OC(C)(C)C)cc2)cs1. The highest BCUT2D eigenvalue weighted by molar-refractivity contribution is 7.09. The van der Waals surface area contributed by atoms with Gasteiger partial charge in [0.15, 0.2) is 0 Å². The number of nitrogens with zero attached hydrogens (tertiary/aromatic N) is 1. The Morgan fingerprint density at radius 1 is 1.35 bits per heavy atom. The average Bonchev–Trinajstić information content (AvgIpc) is 2.88. The Kier molecular flexibility index (Phi) is 5.38. The number of nitrogens with two attached hydrogens (primary N) is 1. The van der Waals surface area contributed by atoms with Crippen LogP contribution in [0.3, 0.4) is 0 Å². The number of hydrogen-bond donors (Lipinski definition) is 2. The summed E-state index contributed by atoms with van der Waals surface area (Å²) >= 11 is 1.48. The number of anilines is 1. The van der Waals surface area contributed by atoms with Gasteiger partial charge >= 0.3 is 0 Å². The molecule has 1 unspecified atom stereocenters. The van der Waals surface area contributed by atoms with Crippen LogP contribution in [0, 0.1) is 0 Å². The van der Waals surface area contributed by atoms with Gasteiger partial charge in [0.2, 0.25) is 5.91 Å². The molecule has 0 aliphatic carbocycles. The number of carbonyl (C=O) groups excluding carboxylic acids is 1. The van der Waals surface area contributed by atoms with E-state index in [0.29, 0.717) is 0 Å². The van der Waals surface area contributed by atoms with Gasteiger partial charge in [0.25, 0.3) is 0 Å². The number of aromatic nitrogens is 1. The molecule has 0 radical (unpaired) electrons. The van der Waals surface area contributed by atoms with Gasteiger partial charge < -0.3 is 15.8 Å². The minimum atomic E-state index is -0.243. The fourth-order valence-electron chi connectivity index (χ4n) is 1.94. The van der Waals surface area contributed by atoms with Crippen molar-refractivity contribution in [1.82, 2.24) is 4.98 Å². The highest BCUT2D eigenvalue weighted by Gasteiger charge is 2.12. The maximum absolute atomic E-state index is 12.1. The molecule has 0 fully saturated rings. The monoisotopic (exact) mass is 333 g/mol. The van der Waals surface area contributed by atoms with E-state index in [4.69, 9.17) is 10.5 Å². The van der Waals surface area contributed by atoms with Crippen molar-refractivity contribution >= 4 is 22.9 Å². The lowest BCUT2D eigenvalue weighted by atomic mass is 10.2. The van der Waals surface area contributed by atoms with Crippen LogP contribution in [0.4, 0.5) is 5.69 Å². The van der Waals surface area contributed by atoms with Crippen molar-refractivity contribution in [2.24, 2.45) is 5.73 Å². The number of benzene rings is 1. The first kappa shape index (κ1) is 17.4. The maximum Gasteiger partial charge on any atom is 0.230 e. The van der Waals surface area contributed by atoms with Crippen molar-refractivity contribution in [2.75, 3.05) is 5.32 Å². The summed E-state index contributed by atoms with van der Waals surface area (Å²) in [5, 5.41) is 5.58. The number of nitrogens with one attached hydrogen (secondary N) is 1. The summed E-state index contributed by atoms with van der Waals surface area (Å²) in [6.07, 6.45) is 0.240. The van der Waals surface area contributed by atoms with E-state index in [1.165, 1.54) is 11.3 Å². The van der Waals surface area contributed by atoms with Crippen molar-refractivity contribution in [3.63, 3.8) is 0 Å². The molecule has 1 aromatic carbocycles. The predicted octanol–water partition coefficient (Wildman–Crippen LogP) is 3.52. The number of thiazole rings is 1. The molecule has 0 spiro atoms. The molecule has 5 nitrogen and oxygen atoms in total. The lowest BCUT2D eigenvalue weighted by Crippen LogP contribution is -2.22. The number of rotatable bonds is 5. The molecule has 0 bridgehead atoms. The van der Waals surface area contributed by atoms with Crippen LogP contribution in [-0.4, -0.2) is 16.5 Å². The molecule has 0 aliphatic heterocycles. The summed E-state index contributed by atoms with van der Waals surface area (Å²) in [6.45, 7) is 7.86. The molecule has 1 heterocycles. The zero-order chi connectivity index (χ0) is 17.0. The van der Waals surface area contributed by atoms with E-state index in [1.54, 1.807) is 0 Å². The fraction of sp³-hybridized carbons (Fsp3) is 0.412. The zero-order valence-electron chi connectivity index (χ0n) is 13.9. The number of ether oxygens (including phenoxy) is 1. The number of carbonyl (C=O) groups is 1. The maximum atomic E-state index is 12.1. The van der Waals surface area contributed by atoms with Crippen molar-refractivity contribution in [2.45, 2.75) is 45.8 Å². The third-order valence-corrected chi connectivity index (χ3v) is 3.96. The standard InChI is InChI=1S/C17H23N3O2S/c1-11(18)16-20-13(10-23-16)9-15(21)19-12-5-7-14(8-6-12)22-17(2,3)4/h5-8,10-11H,9,18H2,1-4H3,(H,19,21). The summed E-state index contributed by atoms with van der Waals surface area (Å²) in [5.74, 6) is 0.674. The van der Waals surface area contributed by atoms with Gasteiger partial charge in [-0.2, -0.15) is 0 Å². The first-order chi connectivity index (χ1) is 10.7. The summed E-state index contributed by atoms with van der Waals surface area (Å²) in [5.41, 5.74) is 7.01. The fourth-order valence-corrected chi connectivity index (χ4v) is 2.72. The molecular weight excluding hydrogens is 310 g/mol. The Bertz CT molecular complexity index is 657. The van der Waals surface area contributed by atoms with Crippen LogP contribution in [0.1, 0.15) is 44.4 Å². The molecule has 6 heteroatoms. The normalized spacial score (nSPS) is 12.7. The molecule has 0 saturated carbocycles. The highest BCUT2D eigenvalue weighted by Crippen LogP contribution is 2.21. The van der Waals surface area contributed by atoms with Gasteiger partial charge in [-0.15, -0.1) is 11.3 Å². The van der Waals surface area contributed by atoms with E-state index in [0.717, 1.165) is 22.1 Å². The molecular formula is C17H23N3O2S. The predicted molar refractivity (Wildman–Crippen MR) is 93.9 cm³/mol. The van der Waals surface area contributed by atoms with E-state index in [1.807, 2.05) is 57.3 Å². The van der Waals surface area contributed by atoms with Gasteiger partial charge in [0, 0.05) is 11.1 Å². The summed E-state index contributed by atoms with van der Waals surface area (Å²) in [4.78, 5) is 16.4. The average molecular weight is 333 g/mol. The molecule has 1 amide bonds. The molecule has 0 aliphatic rings. The molecule has 1 atom stereocenters. The van der Waals surface area contributed by atoms with E-state index in [9.17, 15) is 4.79 Å². The quantitative estimate of drug-likeness (QED) is 0.877. The Morgan fingerprint density at radius 2 is 2.00 bits per heavy atom. The van der Waals surface area contributed by atoms with Crippen molar-refractivity contribution < 1.29 is 9.53 Å². The van der Waals surface area contributed by atoms with E-state index < -0.39 is 0 Å². The first-order valence-corrected chi connectivity index (χ1v) is 8.40. The molecule has 3 N–H and O–H groups in total. The van der Waals surface area contributed by atoms with Gasteiger partial charge in [0.1, 0.15) is 16.4 Å². The first-order valence-electron chi connectivity index (χ1n) is 7.52. The highest BCUT2D eigenvalue weighted by atomic mass is 32.1. The Hall–Kier alpha value is -1.92. The molecule has 23 heavy (non-hydrogen) atoms. The number of hydrogen-bond acceptors (Lipinski definition) is 5. The van der Waals surface area contributed by atoms with Crippen LogP contribution in [0.25, 0.3) is 0 Å². The zero-order valence-corrected chi connectivity index (χ0v) is 14.7. The number of amides is 1. The van der Waals surface area contributed by atoms with E-state index in [2.05, 4.69) is 10.3 Å². The van der Waals surface area contributed by atoms with Crippen LogP contribution in [-0.2, 0) is 11.2 Å². The van der Waals surface area contributed by atoms with E-state index >= 15 is 0 Å². The van der Waals surface area contributed by atoms with Crippen molar-refractivity contribution in [3.8, 4) is 5.75 Å². The summed E-state index contributed by atoms with van der Waals surface area (Å²) in [6, 6.07) is 7.24. The molecule has 0 saturated heterocycles. The van der Waals surface area contributed by atoms with Crippen LogP contribution < -0.4 is 15.8 Å². The molecule has 124 valence electrons. The summed E-state index contributed by atoms with van der Waals surface area (Å²) in [7, 11) is 0. The Morgan fingerprint density at radius 3 is 2.52 bits per heavy atom. The Labute approximate surface area is 140 Å². The largest absolute Gasteiger partial charge is 0.488 e. The Balaban J connectivity index is 1.92. The molecule has 2 rings (SSSR count). The van der Waals surface area contributed by atoms with Crippen LogP contribution in [0.5, 0.6) is 5.75 Å². The minimum absolute atomic E-state index is 0.101. The minimum Gasteiger partial charge on any atom is -0.488 e. The third-order valence-electron chi connectivity index (χ3n) is 2.86. The molecule has 2 aromatic rings. The third kappa shape index (κ3) is 5.65. The summed E-state index contributed by atoms with van der Waals surface area (Å²) < 4.78 is 5.75. The van der Waals surface area contributed by atoms with Gasteiger partial charge in [-0.05, 0) is 52.0 Å².